The van der Waals surface area contributed by atoms with Gasteiger partial charge in [0.1, 0.15) is 17.4 Å². The van der Waals surface area contributed by atoms with Gasteiger partial charge < -0.3 is 15.6 Å². The van der Waals surface area contributed by atoms with Gasteiger partial charge in [-0.15, -0.1) is 0 Å². The molecule has 0 unspecified atom stereocenters. The molecule has 32 heavy (non-hydrogen) atoms. The van der Waals surface area contributed by atoms with Crippen molar-refractivity contribution in [3.05, 3.63) is 79.5 Å². The van der Waals surface area contributed by atoms with Crippen molar-refractivity contribution in [2.24, 2.45) is 0 Å². The molecule has 0 spiro atoms. The topological polar surface area (TPSA) is 119 Å². The number of benzene rings is 2. The average Bonchev–Trinajstić information content (AvgIpc) is 3.44. The molecular weight excluding hydrogens is 404 g/mol. The third-order valence-corrected chi connectivity index (χ3v) is 5.29. The Bertz CT molecular complexity index is 1440. The highest BCUT2D eigenvalue weighted by atomic mass is 16.2. The lowest BCUT2D eigenvalue weighted by Crippen LogP contribution is -2.31. The predicted octanol–water partition coefficient (Wildman–Crippen LogP) is 3.04. The van der Waals surface area contributed by atoms with E-state index in [4.69, 9.17) is 10.8 Å². The smallest absolute Gasteiger partial charge is 0.250 e. The molecule has 3 heterocycles. The van der Waals surface area contributed by atoms with Crippen molar-refractivity contribution in [1.82, 2.24) is 29.7 Å². The number of aromatic nitrogens is 6. The maximum absolute atomic E-state index is 12.5. The average molecular weight is 424 g/mol. The van der Waals surface area contributed by atoms with E-state index in [1.165, 1.54) is 12.4 Å². The number of hydrogen-bond donors (Lipinski definition) is 2. The molecule has 0 aliphatic rings. The second-order valence-corrected chi connectivity index (χ2v) is 7.20. The molecule has 0 saturated carbocycles. The number of hydrogen-bond acceptors (Lipinski definition) is 6. The van der Waals surface area contributed by atoms with E-state index in [1.807, 2.05) is 48.5 Å². The van der Waals surface area contributed by atoms with Crippen LogP contribution in [0.2, 0.25) is 0 Å². The molecule has 2 aromatic carbocycles. The van der Waals surface area contributed by atoms with Crippen molar-refractivity contribution in [1.29, 1.82) is 0 Å². The fourth-order valence-corrected chi connectivity index (χ4v) is 3.74. The molecule has 0 radical (unpaired) electrons. The van der Waals surface area contributed by atoms with E-state index in [1.54, 1.807) is 15.9 Å². The minimum absolute atomic E-state index is 0.182. The minimum Gasteiger partial charge on any atom is -0.382 e. The van der Waals surface area contributed by atoms with E-state index >= 15 is 0 Å². The number of carbonyl (C=O) groups excluding carboxylic acids is 1. The van der Waals surface area contributed by atoms with E-state index in [-0.39, 0.29) is 5.91 Å². The highest BCUT2D eigenvalue weighted by Crippen LogP contribution is 2.26. The van der Waals surface area contributed by atoms with Gasteiger partial charge in [0.25, 0.3) is 0 Å². The number of anilines is 2. The van der Waals surface area contributed by atoms with Gasteiger partial charge in [0.15, 0.2) is 5.82 Å². The summed E-state index contributed by atoms with van der Waals surface area (Å²) in [5.74, 6) is 0.152. The number of imidazole rings is 1. The maximum atomic E-state index is 12.5. The molecule has 9 nitrogen and oxygen atoms in total. The summed E-state index contributed by atoms with van der Waals surface area (Å²) < 4.78 is 1.74. The standard InChI is InChI=1S/C23H20N8O/c1-2-20(32)30(15-6-4-3-5-7-15)11-10-18-21-22(23(24)28-14-27-21)31(29-18)16-8-9-17-19(12-16)26-13-25-17/h2-9,12-14H,1,10-11H2,(H,25,26)(H2,24,27,28). The number of H-pyrrole nitrogens is 1. The van der Waals surface area contributed by atoms with Crippen LogP contribution in [0.15, 0.2) is 73.8 Å². The number of nitrogens with two attached hydrogens (primary N) is 1. The van der Waals surface area contributed by atoms with Crippen LogP contribution in [0.5, 0.6) is 0 Å². The zero-order valence-corrected chi connectivity index (χ0v) is 17.1. The van der Waals surface area contributed by atoms with Crippen molar-refractivity contribution in [2.75, 3.05) is 17.2 Å². The van der Waals surface area contributed by atoms with Crippen LogP contribution in [0.3, 0.4) is 0 Å². The lowest BCUT2D eigenvalue weighted by molar-refractivity contribution is -0.114. The Morgan fingerprint density at radius 1 is 1.16 bits per heavy atom. The van der Waals surface area contributed by atoms with Crippen LogP contribution in [-0.2, 0) is 11.2 Å². The number of fused-ring (bicyclic) bond motifs is 2. The summed E-state index contributed by atoms with van der Waals surface area (Å²) >= 11 is 0. The van der Waals surface area contributed by atoms with Gasteiger partial charge in [-0.2, -0.15) is 5.10 Å². The molecule has 0 bridgehead atoms. The predicted molar refractivity (Wildman–Crippen MR) is 123 cm³/mol. The molecule has 3 aromatic heterocycles. The number of carbonyl (C=O) groups is 1. The first-order valence-corrected chi connectivity index (χ1v) is 10.1. The number of rotatable bonds is 6. The molecular formula is C23H20N8O. The van der Waals surface area contributed by atoms with Gasteiger partial charge in [0.05, 0.1) is 28.7 Å². The fraction of sp³-hybridized carbons (Fsp3) is 0.0870. The molecule has 0 saturated heterocycles. The Morgan fingerprint density at radius 2 is 2.00 bits per heavy atom. The molecule has 158 valence electrons. The summed E-state index contributed by atoms with van der Waals surface area (Å²) in [6.45, 7) is 4.04. The van der Waals surface area contributed by atoms with Crippen molar-refractivity contribution >= 4 is 39.5 Å². The van der Waals surface area contributed by atoms with Crippen molar-refractivity contribution in [3.8, 4) is 5.69 Å². The van der Waals surface area contributed by atoms with Gasteiger partial charge >= 0.3 is 0 Å². The quantitative estimate of drug-likeness (QED) is 0.405. The molecule has 3 N–H and O–H groups in total. The molecule has 0 fully saturated rings. The van der Waals surface area contributed by atoms with Crippen LogP contribution < -0.4 is 10.6 Å². The number of nitrogens with one attached hydrogen (secondary N) is 1. The number of para-hydroxylation sites is 1. The highest BCUT2D eigenvalue weighted by molar-refractivity contribution is 6.01. The van der Waals surface area contributed by atoms with Crippen LogP contribution in [0, 0.1) is 0 Å². The van der Waals surface area contributed by atoms with E-state index in [0.29, 0.717) is 29.8 Å². The zero-order valence-electron chi connectivity index (χ0n) is 17.1. The second kappa shape index (κ2) is 7.95. The Balaban J connectivity index is 1.55. The second-order valence-electron chi connectivity index (χ2n) is 7.20. The van der Waals surface area contributed by atoms with E-state index in [2.05, 4.69) is 26.5 Å². The van der Waals surface area contributed by atoms with Crippen LogP contribution in [-0.4, -0.2) is 42.2 Å². The van der Waals surface area contributed by atoms with Gasteiger partial charge in [-0.3, -0.25) is 4.79 Å². The fourth-order valence-electron chi connectivity index (χ4n) is 3.74. The van der Waals surface area contributed by atoms with Gasteiger partial charge in [-0.25, -0.2) is 19.6 Å². The lowest BCUT2D eigenvalue weighted by atomic mass is 10.2. The summed E-state index contributed by atoms with van der Waals surface area (Å²) in [5, 5.41) is 4.80. The van der Waals surface area contributed by atoms with E-state index in [9.17, 15) is 4.79 Å². The summed E-state index contributed by atoms with van der Waals surface area (Å²) in [6.07, 6.45) is 4.85. The first-order chi connectivity index (χ1) is 15.7. The molecule has 5 aromatic rings. The summed E-state index contributed by atoms with van der Waals surface area (Å²) in [6, 6.07) is 15.2. The highest BCUT2D eigenvalue weighted by Gasteiger charge is 2.19. The molecule has 0 aliphatic carbocycles. The van der Waals surface area contributed by atoms with Gasteiger partial charge in [0.2, 0.25) is 5.91 Å². The van der Waals surface area contributed by atoms with Crippen molar-refractivity contribution in [3.63, 3.8) is 0 Å². The number of nitrogens with zero attached hydrogens (tertiary/aromatic N) is 6. The lowest BCUT2D eigenvalue weighted by Gasteiger charge is -2.20. The van der Waals surface area contributed by atoms with Crippen LogP contribution in [0.4, 0.5) is 11.5 Å². The first kappa shape index (κ1) is 19.4. The molecule has 1 amide bonds. The number of amides is 1. The molecule has 9 heteroatoms. The number of aromatic amines is 1. The monoisotopic (exact) mass is 424 g/mol. The molecule has 5 rings (SSSR count). The van der Waals surface area contributed by atoms with Crippen molar-refractivity contribution in [2.45, 2.75) is 6.42 Å². The Hall–Kier alpha value is -4.53. The summed E-state index contributed by atoms with van der Waals surface area (Å²) in [4.78, 5) is 30.1. The van der Waals surface area contributed by atoms with E-state index in [0.717, 1.165) is 28.1 Å². The maximum Gasteiger partial charge on any atom is 0.250 e. The Kier molecular flexibility index (Phi) is 4.83. The van der Waals surface area contributed by atoms with Crippen LogP contribution >= 0.6 is 0 Å². The Morgan fingerprint density at radius 3 is 2.81 bits per heavy atom. The Labute approximate surface area is 183 Å². The van der Waals surface area contributed by atoms with E-state index < -0.39 is 0 Å². The SMILES string of the molecule is C=CC(=O)N(CCc1nn(-c2ccc3nc[nH]c3c2)c2c(N)ncnc12)c1ccccc1. The normalized spacial score (nSPS) is 11.1. The molecule has 0 atom stereocenters. The van der Waals surface area contributed by atoms with Crippen LogP contribution in [0.1, 0.15) is 5.69 Å². The van der Waals surface area contributed by atoms with Crippen molar-refractivity contribution < 1.29 is 4.79 Å². The van der Waals surface area contributed by atoms with Gasteiger partial charge in [0, 0.05) is 18.7 Å². The summed E-state index contributed by atoms with van der Waals surface area (Å²) in [5.41, 5.74) is 11.5. The zero-order chi connectivity index (χ0) is 22.1. The first-order valence-electron chi connectivity index (χ1n) is 10.1. The van der Waals surface area contributed by atoms with Gasteiger partial charge in [-0.1, -0.05) is 24.8 Å². The third kappa shape index (κ3) is 3.35. The molecule has 0 aliphatic heterocycles. The van der Waals surface area contributed by atoms with Crippen LogP contribution in [0.25, 0.3) is 27.8 Å². The largest absolute Gasteiger partial charge is 0.382 e. The third-order valence-electron chi connectivity index (χ3n) is 5.29. The summed E-state index contributed by atoms with van der Waals surface area (Å²) in [7, 11) is 0. The minimum atomic E-state index is -0.182. The van der Waals surface area contributed by atoms with Gasteiger partial charge in [-0.05, 0) is 36.4 Å². The number of nitrogen functional groups attached to an aromatic ring is 1.